The van der Waals surface area contributed by atoms with Crippen LogP contribution in [0.3, 0.4) is 0 Å². The van der Waals surface area contributed by atoms with Crippen LogP contribution in [0.4, 0.5) is 5.82 Å². The SMILES string of the molecule is CCCc1nc(Cl)cc(NC(CO)C(C)C)n1. The van der Waals surface area contributed by atoms with E-state index in [1.807, 2.05) is 13.8 Å². The molecule has 0 spiro atoms. The van der Waals surface area contributed by atoms with Gasteiger partial charge in [-0.1, -0.05) is 32.4 Å². The second-order valence-electron chi connectivity index (χ2n) is 4.42. The highest BCUT2D eigenvalue weighted by atomic mass is 35.5. The normalized spacial score (nSPS) is 12.8. The third-order valence-corrected chi connectivity index (χ3v) is 2.74. The van der Waals surface area contributed by atoms with Gasteiger partial charge in [0, 0.05) is 12.5 Å². The van der Waals surface area contributed by atoms with Gasteiger partial charge in [-0.25, -0.2) is 9.97 Å². The van der Waals surface area contributed by atoms with Crippen LogP contribution >= 0.6 is 11.6 Å². The highest BCUT2D eigenvalue weighted by Crippen LogP contribution is 2.15. The van der Waals surface area contributed by atoms with Crippen LogP contribution in [0.25, 0.3) is 0 Å². The molecule has 17 heavy (non-hydrogen) atoms. The average molecular weight is 258 g/mol. The molecule has 1 aromatic rings. The summed E-state index contributed by atoms with van der Waals surface area (Å²) in [6, 6.07) is 1.67. The number of nitrogens with zero attached hydrogens (tertiary/aromatic N) is 2. The highest BCUT2D eigenvalue weighted by molar-refractivity contribution is 6.29. The first kappa shape index (κ1) is 14.2. The van der Waals surface area contributed by atoms with E-state index in [1.165, 1.54) is 0 Å². The standard InChI is InChI=1S/C12H20ClN3O/c1-4-5-11-15-10(13)6-12(16-11)14-9(7-17)8(2)3/h6,8-9,17H,4-5,7H2,1-3H3,(H,14,15,16). The summed E-state index contributed by atoms with van der Waals surface area (Å²) in [7, 11) is 0. The van der Waals surface area contributed by atoms with Crippen molar-refractivity contribution in [2.24, 2.45) is 5.92 Å². The van der Waals surface area contributed by atoms with Crippen LogP contribution in [-0.2, 0) is 6.42 Å². The van der Waals surface area contributed by atoms with Crippen LogP contribution in [0.15, 0.2) is 6.07 Å². The summed E-state index contributed by atoms with van der Waals surface area (Å²) >= 11 is 5.94. The van der Waals surface area contributed by atoms with Crippen molar-refractivity contribution in [1.29, 1.82) is 0 Å². The lowest BCUT2D eigenvalue weighted by molar-refractivity contribution is 0.249. The van der Waals surface area contributed by atoms with Gasteiger partial charge < -0.3 is 10.4 Å². The molecule has 0 saturated heterocycles. The molecule has 2 N–H and O–H groups in total. The summed E-state index contributed by atoms with van der Waals surface area (Å²) in [6.07, 6.45) is 1.79. The van der Waals surface area contributed by atoms with Crippen LogP contribution < -0.4 is 5.32 Å². The fraction of sp³-hybridized carbons (Fsp3) is 0.667. The van der Waals surface area contributed by atoms with E-state index in [0.29, 0.717) is 16.9 Å². The van der Waals surface area contributed by atoms with E-state index in [9.17, 15) is 5.11 Å². The van der Waals surface area contributed by atoms with Gasteiger partial charge in [0.05, 0.1) is 12.6 Å². The minimum atomic E-state index is -0.0181. The van der Waals surface area contributed by atoms with E-state index in [1.54, 1.807) is 6.07 Å². The quantitative estimate of drug-likeness (QED) is 0.769. The Bertz CT molecular complexity index is 358. The molecule has 0 aliphatic carbocycles. The summed E-state index contributed by atoms with van der Waals surface area (Å²) in [4.78, 5) is 8.53. The minimum Gasteiger partial charge on any atom is -0.394 e. The molecule has 1 atom stereocenters. The molecule has 0 fully saturated rings. The zero-order valence-electron chi connectivity index (χ0n) is 10.6. The highest BCUT2D eigenvalue weighted by Gasteiger charge is 2.13. The van der Waals surface area contributed by atoms with Gasteiger partial charge >= 0.3 is 0 Å². The average Bonchev–Trinajstić information content (AvgIpc) is 2.25. The first-order chi connectivity index (χ1) is 8.06. The van der Waals surface area contributed by atoms with Gasteiger partial charge in [-0.05, 0) is 12.3 Å². The predicted octanol–water partition coefficient (Wildman–Crippen LogP) is 2.51. The number of rotatable bonds is 6. The Labute approximate surface area is 107 Å². The summed E-state index contributed by atoms with van der Waals surface area (Å²) in [6.45, 7) is 6.23. The fourth-order valence-electron chi connectivity index (χ4n) is 1.49. The molecule has 1 aromatic heterocycles. The number of hydrogen-bond acceptors (Lipinski definition) is 4. The van der Waals surface area contributed by atoms with Crippen molar-refractivity contribution >= 4 is 17.4 Å². The van der Waals surface area contributed by atoms with E-state index < -0.39 is 0 Å². The molecule has 0 aromatic carbocycles. The van der Waals surface area contributed by atoms with Crippen LogP contribution in [0.1, 0.15) is 33.0 Å². The fourth-order valence-corrected chi connectivity index (χ4v) is 1.69. The molecular formula is C12H20ClN3O. The minimum absolute atomic E-state index is 0.0181. The van der Waals surface area contributed by atoms with Gasteiger partial charge in [0.25, 0.3) is 0 Å². The summed E-state index contributed by atoms with van der Waals surface area (Å²) in [5, 5.41) is 12.9. The lowest BCUT2D eigenvalue weighted by Crippen LogP contribution is -2.30. The zero-order chi connectivity index (χ0) is 12.8. The number of nitrogens with one attached hydrogen (secondary N) is 1. The molecule has 1 unspecified atom stereocenters. The Hall–Kier alpha value is -0.870. The van der Waals surface area contributed by atoms with Gasteiger partial charge in [-0.15, -0.1) is 0 Å². The Morgan fingerprint density at radius 1 is 1.41 bits per heavy atom. The second kappa shape index (κ2) is 6.77. The smallest absolute Gasteiger partial charge is 0.134 e. The third kappa shape index (κ3) is 4.48. The number of aliphatic hydroxyl groups is 1. The van der Waals surface area contributed by atoms with Crippen molar-refractivity contribution in [2.75, 3.05) is 11.9 Å². The molecule has 0 amide bonds. The summed E-state index contributed by atoms with van der Waals surface area (Å²) in [5.74, 6) is 1.74. The first-order valence-electron chi connectivity index (χ1n) is 5.97. The van der Waals surface area contributed by atoms with Gasteiger partial charge in [-0.3, -0.25) is 0 Å². The van der Waals surface area contributed by atoms with Crippen molar-refractivity contribution in [3.8, 4) is 0 Å². The molecule has 1 heterocycles. The first-order valence-corrected chi connectivity index (χ1v) is 6.35. The van der Waals surface area contributed by atoms with Crippen molar-refractivity contribution in [3.05, 3.63) is 17.0 Å². The van der Waals surface area contributed by atoms with E-state index >= 15 is 0 Å². The molecule has 0 saturated carbocycles. The van der Waals surface area contributed by atoms with Crippen molar-refractivity contribution in [1.82, 2.24) is 9.97 Å². The second-order valence-corrected chi connectivity index (χ2v) is 4.81. The molecule has 1 rings (SSSR count). The maximum Gasteiger partial charge on any atom is 0.134 e. The number of hydrogen-bond donors (Lipinski definition) is 2. The summed E-state index contributed by atoms with van der Waals surface area (Å²) < 4.78 is 0. The molecular weight excluding hydrogens is 238 g/mol. The molecule has 4 nitrogen and oxygen atoms in total. The van der Waals surface area contributed by atoms with Gasteiger partial charge in [0.1, 0.15) is 16.8 Å². The molecule has 5 heteroatoms. The number of aliphatic hydroxyl groups excluding tert-OH is 1. The lowest BCUT2D eigenvalue weighted by atomic mass is 10.1. The van der Waals surface area contributed by atoms with E-state index in [0.717, 1.165) is 18.7 Å². The molecule has 0 radical (unpaired) electrons. The Morgan fingerprint density at radius 2 is 2.12 bits per heavy atom. The van der Waals surface area contributed by atoms with E-state index in [-0.39, 0.29) is 12.6 Å². The van der Waals surface area contributed by atoms with Gasteiger partial charge in [0.15, 0.2) is 0 Å². The van der Waals surface area contributed by atoms with Crippen LogP contribution in [0.2, 0.25) is 5.15 Å². The molecule has 0 bridgehead atoms. The maximum absolute atomic E-state index is 9.26. The van der Waals surface area contributed by atoms with Crippen LogP contribution in [-0.4, -0.2) is 27.7 Å². The Kier molecular flexibility index (Phi) is 5.65. The van der Waals surface area contributed by atoms with Crippen LogP contribution in [0, 0.1) is 5.92 Å². The zero-order valence-corrected chi connectivity index (χ0v) is 11.3. The topological polar surface area (TPSA) is 58.0 Å². The van der Waals surface area contributed by atoms with Crippen molar-refractivity contribution in [2.45, 2.75) is 39.7 Å². The van der Waals surface area contributed by atoms with Crippen LogP contribution in [0.5, 0.6) is 0 Å². The number of halogens is 1. The number of anilines is 1. The molecule has 0 aliphatic heterocycles. The molecule has 96 valence electrons. The van der Waals surface area contributed by atoms with Crippen molar-refractivity contribution in [3.63, 3.8) is 0 Å². The van der Waals surface area contributed by atoms with E-state index in [2.05, 4.69) is 22.2 Å². The van der Waals surface area contributed by atoms with Gasteiger partial charge in [-0.2, -0.15) is 0 Å². The monoisotopic (exact) mass is 257 g/mol. The maximum atomic E-state index is 9.26. The Balaban J connectivity index is 2.82. The van der Waals surface area contributed by atoms with E-state index in [4.69, 9.17) is 11.6 Å². The van der Waals surface area contributed by atoms with Gasteiger partial charge in [0.2, 0.25) is 0 Å². The lowest BCUT2D eigenvalue weighted by Gasteiger charge is -2.20. The summed E-state index contributed by atoms with van der Waals surface area (Å²) in [5.41, 5.74) is 0. The number of aromatic nitrogens is 2. The third-order valence-electron chi connectivity index (χ3n) is 2.55. The Morgan fingerprint density at radius 3 is 2.65 bits per heavy atom. The predicted molar refractivity (Wildman–Crippen MR) is 70.4 cm³/mol. The largest absolute Gasteiger partial charge is 0.394 e. The number of aryl methyl sites for hydroxylation is 1. The van der Waals surface area contributed by atoms with Crippen molar-refractivity contribution < 1.29 is 5.11 Å². The molecule has 0 aliphatic rings.